The van der Waals surface area contributed by atoms with Crippen LogP contribution in [0.5, 0.6) is 0 Å². The first-order valence-corrected chi connectivity index (χ1v) is 6.72. The number of nitrogens with one attached hydrogen (secondary N) is 1. The standard InChI is InChI=1S/C10H6Br2Cl2N2/c11-7-3-15-9(13)1-5(7)6-2-10(14)16-4-8(6)12/h1-5,15H. The van der Waals surface area contributed by atoms with Crippen molar-refractivity contribution in [1.82, 2.24) is 10.3 Å². The fourth-order valence-electron chi connectivity index (χ4n) is 1.41. The summed E-state index contributed by atoms with van der Waals surface area (Å²) in [6.45, 7) is 0. The highest BCUT2D eigenvalue weighted by atomic mass is 79.9. The molecule has 0 aliphatic carbocycles. The summed E-state index contributed by atoms with van der Waals surface area (Å²) in [5.74, 6) is 0.0450. The van der Waals surface area contributed by atoms with Gasteiger partial charge in [0.25, 0.3) is 0 Å². The topological polar surface area (TPSA) is 24.9 Å². The first-order chi connectivity index (χ1) is 7.58. The molecular formula is C10H6Br2Cl2N2. The minimum Gasteiger partial charge on any atom is -0.352 e. The summed E-state index contributed by atoms with van der Waals surface area (Å²) in [4.78, 5) is 3.99. The lowest BCUT2D eigenvalue weighted by Crippen LogP contribution is -2.11. The first kappa shape index (κ1) is 12.4. The van der Waals surface area contributed by atoms with E-state index < -0.39 is 0 Å². The van der Waals surface area contributed by atoms with E-state index in [4.69, 9.17) is 23.2 Å². The lowest BCUT2D eigenvalue weighted by Gasteiger charge is -2.19. The molecule has 1 aromatic rings. The van der Waals surface area contributed by atoms with Crippen molar-refractivity contribution in [2.75, 3.05) is 0 Å². The predicted octanol–water partition coefficient (Wildman–Crippen LogP) is 4.50. The summed E-state index contributed by atoms with van der Waals surface area (Å²) in [5.41, 5.74) is 1.02. The zero-order chi connectivity index (χ0) is 11.7. The van der Waals surface area contributed by atoms with Crippen molar-refractivity contribution in [3.05, 3.63) is 49.4 Å². The van der Waals surface area contributed by atoms with Crippen LogP contribution in [0.4, 0.5) is 0 Å². The number of aromatic nitrogens is 1. The highest BCUT2D eigenvalue weighted by molar-refractivity contribution is 9.11. The van der Waals surface area contributed by atoms with E-state index in [1.54, 1.807) is 6.20 Å². The van der Waals surface area contributed by atoms with E-state index in [-0.39, 0.29) is 5.92 Å². The molecule has 1 aliphatic rings. The maximum atomic E-state index is 5.94. The van der Waals surface area contributed by atoms with E-state index in [1.807, 2.05) is 18.3 Å². The quantitative estimate of drug-likeness (QED) is 0.569. The Balaban J connectivity index is 2.46. The molecule has 16 heavy (non-hydrogen) atoms. The maximum Gasteiger partial charge on any atom is 0.129 e. The van der Waals surface area contributed by atoms with Gasteiger partial charge in [0.2, 0.25) is 0 Å². The van der Waals surface area contributed by atoms with Gasteiger partial charge in [0.1, 0.15) is 10.3 Å². The number of hydrogen-bond acceptors (Lipinski definition) is 2. The Morgan fingerprint density at radius 3 is 2.81 bits per heavy atom. The molecule has 0 spiro atoms. The second-order valence-corrected chi connectivity index (χ2v) is 5.76. The molecule has 1 N–H and O–H groups in total. The van der Waals surface area contributed by atoms with Crippen molar-refractivity contribution in [3.8, 4) is 0 Å². The van der Waals surface area contributed by atoms with Crippen molar-refractivity contribution in [3.63, 3.8) is 0 Å². The number of nitrogens with zero attached hydrogens (tertiary/aromatic N) is 1. The Hall–Kier alpha value is -0.0300. The van der Waals surface area contributed by atoms with Gasteiger partial charge < -0.3 is 5.32 Å². The summed E-state index contributed by atoms with van der Waals surface area (Å²) in [7, 11) is 0. The van der Waals surface area contributed by atoms with Gasteiger partial charge in [-0.15, -0.1) is 0 Å². The monoisotopic (exact) mass is 382 g/mol. The second kappa shape index (κ2) is 5.08. The van der Waals surface area contributed by atoms with Crippen LogP contribution in [-0.4, -0.2) is 4.98 Å². The van der Waals surface area contributed by atoms with Crippen LogP contribution in [0.25, 0.3) is 0 Å². The lowest BCUT2D eigenvalue weighted by molar-refractivity contribution is 0.957. The van der Waals surface area contributed by atoms with Crippen molar-refractivity contribution >= 4 is 55.1 Å². The Labute approximate surface area is 120 Å². The molecule has 0 saturated heterocycles. The van der Waals surface area contributed by atoms with Crippen LogP contribution in [0.2, 0.25) is 5.15 Å². The van der Waals surface area contributed by atoms with Crippen LogP contribution in [0, 0.1) is 0 Å². The van der Waals surface area contributed by atoms with Crippen LogP contribution >= 0.6 is 55.1 Å². The van der Waals surface area contributed by atoms with Crippen LogP contribution in [0.3, 0.4) is 0 Å². The van der Waals surface area contributed by atoms with Gasteiger partial charge >= 0.3 is 0 Å². The van der Waals surface area contributed by atoms with Gasteiger partial charge in [0.05, 0.1) is 0 Å². The molecule has 0 fully saturated rings. The molecule has 0 bridgehead atoms. The van der Waals surface area contributed by atoms with Crippen LogP contribution < -0.4 is 5.32 Å². The van der Waals surface area contributed by atoms with Gasteiger partial charge in [-0.05, 0) is 33.6 Å². The van der Waals surface area contributed by atoms with E-state index in [0.717, 1.165) is 14.5 Å². The summed E-state index contributed by atoms with van der Waals surface area (Å²) in [5, 5.41) is 3.97. The summed E-state index contributed by atoms with van der Waals surface area (Å²) in [6.07, 6.45) is 5.40. The highest BCUT2D eigenvalue weighted by Gasteiger charge is 2.19. The molecule has 1 unspecified atom stereocenters. The number of allylic oxidation sites excluding steroid dienone is 2. The van der Waals surface area contributed by atoms with Crippen molar-refractivity contribution in [2.45, 2.75) is 5.92 Å². The van der Waals surface area contributed by atoms with E-state index in [0.29, 0.717) is 10.3 Å². The van der Waals surface area contributed by atoms with Crippen LogP contribution in [-0.2, 0) is 0 Å². The minimum atomic E-state index is 0.0450. The SMILES string of the molecule is ClC1=CC(c2cc(Cl)ncc2Br)C(Br)=CN1. The number of pyridine rings is 1. The number of hydrogen-bond donors (Lipinski definition) is 1. The molecule has 2 rings (SSSR count). The third-order valence-corrected chi connectivity index (χ3v) is 3.97. The molecule has 84 valence electrons. The number of dihydropyridines is 1. The van der Waals surface area contributed by atoms with Crippen molar-refractivity contribution in [2.24, 2.45) is 0 Å². The summed E-state index contributed by atoms with van der Waals surface area (Å²) in [6, 6.07) is 1.82. The Kier molecular flexibility index (Phi) is 3.95. The summed E-state index contributed by atoms with van der Waals surface area (Å²) < 4.78 is 1.88. The fourth-order valence-corrected chi connectivity index (χ4v) is 2.71. The molecular weight excluding hydrogens is 379 g/mol. The Bertz CT molecular complexity index is 486. The molecule has 0 radical (unpaired) electrons. The second-order valence-electron chi connectivity index (χ2n) is 3.19. The van der Waals surface area contributed by atoms with E-state index in [1.165, 1.54) is 0 Å². The molecule has 0 amide bonds. The molecule has 0 aromatic carbocycles. The van der Waals surface area contributed by atoms with Gasteiger partial charge in [-0.25, -0.2) is 4.98 Å². The molecule has 2 heterocycles. The maximum absolute atomic E-state index is 5.94. The molecule has 6 heteroatoms. The van der Waals surface area contributed by atoms with Crippen molar-refractivity contribution < 1.29 is 0 Å². The third-order valence-electron chi connectivity index (χ3n) is 2.14. The van der Waals surface area contributed by atoms with Gasteiger partial charge in [0.15, 0.2) is 0 Å². The Morgan fingerprint density at radius 1 is 1.31 bits per heavy atom. The first-order valence-electron chi connectivity index (χ1n) is 4.38. The van der Waals surface area contributed by atoms with Gasteiger partial charge in [-0.3, -0.25) is 0 Å². The molecule has 0 saturated carbocycles. The lowest BCUT2D eigenvalue weighted by atomic mass is 9.99. The number of halogens is 4. The van der Waals surface area contributed by atoms with Gasteiger partial charge in [-0.1, -0.05) is 39.1 Å². The molecule has 2 nitrogen and oxygen atoms in total. The predicted molar refractivity (Wildman–Crippen MR) is 73.8 cm³/mol. The zero-order valence-electron chi connectivity index (χ0n) is 7.85. The fraction of sp³-hybridized carbons (Fsp3) is 0.100. The van der Waals surface area contributed by atoms with Crippen molar-refractivity contribution in [1.29, 1.82) is 0 Å². The average molecular weight is 385 g/mol. The zero-order valence-corrected chi connectivity index (χ0v) is 12.5. The van der Waals surface area contributed by atoms with E-state index >= 15 is 0 Å². The molecule has 1 aromatic heterocycles. The highest BCUT2D eigenvalue weighted by Crippen LogP contribution is 2.37. The van der Waals surface area contributed by atoms with Crippen LogP contribution in [0.15, 0.2) is 38.7 Å². The van der Waals surface area contributed by atoms with Crippen LogP contribution in [0.1, 0.15) is 11.5 Å². The third kappa shape index (κ3) is 2.62. The summed E-state index contributed by atoms with van der Waals surface area (Å²) >= 11 is 18.8. The molecule has 1 atom stereocenters. The smallest absolute Gasteiger partial charge is 0.129 e. The van der Waals surface area contributed by atoms with E-state index in [9.17, 15) is 0 Å². The largest absolute Gasteiger partial charge is 0.352 e. The number of rotatable bonds is 1. The van der Waals surface area contributed by atoms with E-state index in [2.05, 4.69) is 42.2 Å². The normalized spacial score (nSPS) is 19.9. The molecule has 1 aliphatic heterocycles. The Morgan fingerprint density at radius 2 is 2.06 bits per heavy atom. The minimum absolute atomic E-state index is 0.0450. The van der Waals surface area contributed by atoms with Gasteiger partial charge in [-0.2, -0.15) is 0 Å². The van der Waals surface area contributed by atoms with Gasteiger partial charge in [0, 0.05) is 27.3 Å². The average Bonchev–Trinajstić information content (AvgIpc) is 2.25.